The zero-order valence-corrected chi connectivity index (χ0v) is 15.9. The summed E-state index contributed by atoms with van der Waals surface area (Å²) in [6.07, 6.45) is 3.41. The second-order valence-corrected chi connectivity index (χ2v) is 6.38. The zero-order valence-electron chi connectivity index (χ0n) is 15.9. The highest BCUT2D eigenvalue weighted by Crippen LogP contribution is 2.25. The molecule has 0 unspecified atom stereocenters. The molecule has 3 aromatic rings. The molecule has 0 radical (unpaired) electrons. The fourth-order valence-corrected chi connectivity index (χ4v) is 2.93. The summed E-state index contributed by atoms with van der Waals surface area (Å²) in [4.78, 5) is 23.7. The summed E-state index contributed by atoms with van der Waals surface area (Å²) < 4.78 is 19.3. The van der Waals surface area contributed by atoms with Gasteiger partial charge in [-0.1, -0.05) is 18.2 Å². The highest BCUT2D eigenvalue weighted by molar-refractivity contribution is 6.06. The monoisotopic (exact) mass is 382 g/mol. The smallest absolute Gasteiger partial charge is 0.261 e. The molecule has 146 valence electrons. The minimum atomic E-state index is -0.539. The van der Waals surface area contributed by atoms with E-state index in [0.717, 1.165) is 11.4 Å². The lowest BCUT2D eigenvalue weighted by atomic mass is 10.1. The first-order chi connectivity index (χ1) is 13.6. The van der Waals surface area contributed by atoms with Crippen molar-refractivity contribution in [1.29, 1.82) is 0 Å². The Bertz CT molecular complexity index is 914. The number of aromatic amines is 1. The number of H-pyrrole nitrogens is 1. The predicted molar refractivity (Wildman–Crippen MR) is 107 cm³/mol. The molecule has 2 aromatic carbocycles. The molecule has 0 saturated heterocycles. The van der Waals surface area contributed by atoms with Crippen molar-refractivity contribution in [3.8, 4) is 0 Å². The van der Waals surface area contributed by atoms with Crippen molar-refractivity contribution in [3.05, 3.63) is 78.1 Å². The van der Waals surface area contributed by atoms with E-state index in [1.54, 1.807) is 31.8 Å². The van der Waals surface area contributed by atoms with Gasteiger partial charge in [-0.3, -0.25) is 4.79 Å². The molecule has 7 heteroatoms. The van der Waals surface area contributed by atoms with E-state index in [1.807, 2.05) is 36.2 Å². The Balaban J connectivity index is 1.88. The van der Waals surface area contributed by atoms with Crippen LogP contribution in [0.15, 0.2) is 61.1 Å². The van der Waals surface area contributed by atoms with Crippen LogP contribution in [0.1, 0.15) is 16.1 Å². The van der Waals surface area contributed by atoms with Crippen LogP contribution in [0.5, 0.6) is 0 Å². The molecule has 1 amide bonds. The molecule has 3 rings (SSSR count). The first-order valence-corrected chi connectivity index (χ1v) is 8.94. The fourth-order valence-electron chi connectivity index (χ4n) is 2.93. The molecule has 0 aliphatic rings. The van der Waals surface area contributed by atoms with Crippen LogP contribution >= 0.6 is 0 Å². The molecule has 0 aliphatic heterocycles. The van der Waals surface area contributed by atoms with Gasteiger partial charge in [0.1, 0.15) is 5.82 Å². The molecule has 1 heterocycles. The topological polar surface area (TPSA) is 61.5 Å². The fraction of sp³-hybridized carbons (Fsp3) is 0.238. The third kappa shape index (κ3) is 4.55. The van der Waals surface area contributed by atoms with Gasteiger partial charge in [-0.05, 0) is 30.3 Å². The van der Waals surface area contributed by atoms with Gasteiger partial charge in [-0.15, -0.1) is 0 Å². The van der Waals surface area contributed by atoms with E-state index in [9.17, 15) is 9.18 Å². The van der Waals surface area contributed by atoms with E-state index in [4.69, 9.17) is 4.74 Å². The van der Waals surface area contributed by atoms with Crippen LogP contribution in [0.4, 0.5) is 15.8 Å². The Labute approximate surface area is 163 Å². The minimum absolute atomic E-state index is 0.0369. The molecule has 1 aromatic heterocycles. The van der Waals surface area contributed by atoms with Crippen LogP contribution < -0.4 is 9.80 Å². The Morgan fingerprint density at radius 1 is 1.18 bits per heavy atom. The second-order valence-electron chi connectivity index (χ2n) is 6.38. The van der Waals surface area contributed by atoms with Gasteiger partial charge in [0.2, 0.25) is 0 Å². The van der Waals surface area contributed by atoms with E-state index in [1.165, 1.54) is 17.0 Å². The lowest BCUT2D eigenvalue weighted by Gasteiger charge is -2.25. The third-order valence-electron chi connectivity index (χ3n) is 4.41. The maximum absolute atomic E-state index is 14.2. The highest BCUT2D eigenvalue weighted by Gasteiger charge is 2.21. The molecule has 0 saturated carbocycles. The quantitative estimate of drug-likeness (QED) is 0.648. The number of ether oxygens (including phenoxy) is 1. The molecule has 0 bridgehead atoms. The number of aromatic nitrogens is 2. The number of nitrogens with zero attached hydrogens (tertiary/aromatic N) is 3. The number of halogens is 1. The summed E-state index contributed by atoms with van der Waals surface area (Å²) in [6, 6.07) is 13.6. The summed E-state index contributed by atoms with van der Waals surface area (Å²) >= 11 is 0. The first-order valence-electron chi connectivity index (χ1n) is 8.94. The first kappa shape index (κ1) is 19.6. The predicted octanol–water partition coefficient (Wildman–Crippen LogP) is 3.48. The number of hydrogen-bond donors (Lipinski definition) is 1. The summed E-state index contributed by atoms with van der Waals surface area (Å²) in [6.45, 7) is 1.30. The number of anilines is 2. The van der Waals surface area contributed by atoms with Gasteiger partial charge in [0.25, 0.3) is 5.91 Å². The number of carbonyl (C=O) groups is 1. The van der Waals surface area contributed by atoms with E-state index < -0.39 is 11.7 Å². The van der Waals surface area contributed by atoms with Crippen molar-refractivity contribution < 1.29 is 13.9 Å². The van der Waals surface area contributed by atoms with Gasteiger partial charge >= 0.3 is 0 Å². The number of rotatable bonds is 8. The Morgan fingerprint density at radius 2 is 1.96 bits per heavy atom. The number of benzene rings is 2. The molecule has 0 spiro atoms. The zero-order chi connectivity index (χ0) is 19.9. The van der Waals surface area contributed by atoms with Gasteiger partial charge in [-0.2, -0.15) is 0 Å². The van der Waals surface area contributed by atoms with Crippen molar-refractivity contribution in [2.24, 2.45) is 0 Å². The maximum atomic E-state index is 14.2. The Kier molecular flexibility index (Phi) is 6.39. The van der Waals surface area contributed by atoms with Gasteiger partial charge in [0.15, 0.2) is 0 Å². The standard InChI is InChI=1S/C21H23FN4O2/c1-25(14-16-13-23-15-24-16)17-6-5-7-18(12-17)26(10-11-28-2)21(27)19-8-3-4-9-20(19)22/h3-9,12-13,15H,10-11,14H2,1-2H3,(H,23,24). The number of imidazole rings is 1. The van der Waals surface area contributed by atoms with Crippen LogP contribution in [0.25, 0.3) is 0 Å². The lowest BCUT2D eigenvalue weighted by Crippen LogP contribution is -2.34. The highest BCUT2D eigenvalue weighted by atomic mass is 19.1. The summed E-state index contributed by atoms with van der Waals surface area (Å²) in [5, 5.41) is 0. The van der Waals surface area contributed by atoms with Crippen molar-refractivity contribution in [2.45, 2.75) is 6.54 Å². The molecule has 0 fully saturated rings. The van der Waals surface area contributed by atoms with Crippen molar-refractivity contribution in [1.82, 2.24) is 9.97 Å². The van der Waals surface area contributed by atoms with Crippen LogP contribution in [0, 0.1) is 5.82 Å². The Hall–Kier alpha value is -3.19. The van der Waals surface area contributed by atoms with Gasteiger partial charge in [0, 0.05) is 38.3 Å². The largest absolute Gasteiger partial charge is 0.383 e. The maximum Gasteiger partial charge on any atom is 0.261 e. The van der Waals surface area contributed by atoms with Gasteiger partial charge < -0.3 is 19.5 Å². The number of amides is 1. The van der Waals surface area contributed by atoms with E-state index in [-0.39, 0.29) is 5.56 Å². The summed E-state index contributed by atoms with van der Waals surface area (Å²) in [7, 11) is 3.53. The number of hydrogen-bond acceptors (Lipinski definition) is 4. The number of nitrogens with one attached hydrogen (secondary N) is 1. The van der Waals surface area contributed by atoms with Crippen LogP contribution in [0.2, 0.25) is 0 Å². The number of methoxy groups -OCH3 is 1. The summed E-state index contributed by atoms with van der Waals surface area (Å²) in [5.74, 6) is -0.939. The average molecular weight is 382 g/mol. The summed E-state index contributed by atoms with van der Waals surface area (Å²) in [5.41, 5.74) is 2.62. The average Bonchev–Trinajstić information content (AvgIpc) is 3.22. The normalized spacial score (nSPS) is 10.7. The van der Waals surface area contributed by atoms with Gasteiger partial charge in [-0.25, -0.2) is 9.37 Å². The van der Waals surface area contributed by atoms with E-state index >= 15 is 0 Å². The number of carbonyl (C=O) groups excluding carboxylic acids is 1. The molecule has 0 atom stereocenters. The molecule has 1 N–H and O–H groups in total. The van der Waals surface area contributed by atoms with Crippen LogP contribution in [-0.4, -0.2) is 43.2 Å². The molecular weight excluding hydrogens is 359 g/mol. The molecular formula is C21H23FN4O2. The minimum Gasteiger partial charge on any atom is -0.383 e. The van der Waals surface area contributed by atoms with Crippen LogP contribution in [0.3, 0.4) is 0 Å². The SMILES string of the molecule is COCCN(C(=O)c1ccccc1F)c1cccc(N(C)Cc2cnc[nH]2)c1. The second kappa shape index (κ2) is 9.14. The van der Waals surface area contributed by atoms with Gasteiger partial charge in [0.05, 0.1) is 30.7 Å². The van der Waals surface area contributed by atoms with Crippen molar-refractivity contribution in [2.75, 3.05) is 37.1 Å². The molecule has 6 nitrogen and oxygen atoms in total. The Morgan fingerprint density at radius 3 is 2.68 bits per heavy atom. The molecule has 28 heavy (non-hydrogen) atoms. The van der Waals surface area contributed by atoms with Crippen molar-refractivity contribution in [3.63, 3.8) is 0 Å². The van der Waals surface area contributed by atoms with E-state index in [0.29, 0.717) is 25.4 Å². The third-order valence-corrected chi connectivity index (χ3v) is 4.41. The molecule has 0 aliphatic carbocycles. The van der Waals surface area contributed by atoms with Crippen molar-refractivity contribution >= 4 is 17.3 Å². The van der Waals surface area contributed by atoms with E-state index in [2.05, 4.69) is 9.97 Å². The lowest BCUT2D eigenvalue weighted by molar-refractivity contribution is 0.0972. The van der Waals surface area contributed by atoms with Crippen LogP contribution in [-0.2, 0) is 11.3 Å².